The van der Waals surface area contributed by atoms with Gasteiger partial charge < -0.3 is 9.84 Å². The topological polar surface area (TPSA) is 103 Å². The lowest BCUT2D eigenvalue weighted by molar-refractivity contribution is -0.170. The monoisotopic (exact) mass is 573 g/mol. The third kappa shape index (κ3) is 5.67. The summed E-state index contributed by atoms with van der Waals surface area (Å²) in [5.74, 6) is -1.97. The van der Waals surface area contributed by atoms with E-state index in [0.717, 1.165) is 18.6 Å². The summed E-state index contributed by atoms with van der Waals surface area (Å²) in [5, 5.41) is 9.54. The summed E-state index contributed by atoms with van der Waals surface area (Å²) in [6.07, 6.45) is -13.6. The third-order valence-corrected chi connectivity index (χ3v) is 6.58. The molecule has 0 aliphatic heterocycles. The van der Waals surface area contributed by atoms with Gasteiger partial charge in [0, 0.05) is 24.1 Å². The van der Waals surface area contributed by atoms with E-state index < -0.39 is 47.8 Å². The maximum Gasteiger partial charge on any atom is 0.431 e. The summed E-state index contributed by atoms with van der Waals surface area (Å²) in [7, 11) is 0.884. The lowest BCUT2D eigenvalue weighted by atomic mass is 10.0. The SMILES string of the molecule is Cc1ccc(OC(CC(F)(F)F)C(=O)O)cc1-c1nsc2ccc(-n3c(=O)cc(C(F)(F)F)n(C)c3=O)cc12. The number of carboxylic acid groups (broad SMARTS) is 1. The number of carbonyl (C=O) groups is 1. The quantitative estimate of drug-likeness (QED) is 0.329. The number of rotatable bonds is 6. The number of hydrogen-bond donors (Lipinski definition) is 1. The number of halogens is 6. The van der Waals surface area contributed by atoms with Crippen molar-refractivity contribution in [2.24, 2.45) is 7.05 Å². The Bertz CT molecular complexity index is 1700. The molecule has 0 amide bonds. The van der Waals surface area contributed by atoms with E-state index in [0.29, 0.717) is 36.4 Å². The average molecular weight is 573 g/mol. The largest absolute Gasteiger partial charge is 0.479 e. The highest BCUT2D eigenvalue weighted by atomic mass is 32.1. The van der Waals surface area contributed by atoms with Crippen LogP contribution in [0.5, 0.6) is 5.75 Å². The Morgan fingerprint density at radius 3 is 2.38 bits per heavy atom. The van der Waals surface area contributed by atoms with Crippen molar-refractivity contribution in [3.63, 3.8) is 0 Å². The molecule has 0 aliphatic rings. The van der Waals surface area contributed by atoms with Crippen LogP contribution in [0.2, 0.25) is 0 Å². The summed E-state index contributed by atoms with van der Waals surface area (Å²) >= 11 is 1.02. The number of ether oxygens (including phenoxy) is 1. The Morgan fingerprint density at radius 2 is 1.77 bits per heavy atom. The summed E-state index contributed by atoms with van der Waals surface area (Å²) < 4.78 is 88.9. The minimum Gasteiger partial charge on any atom is -0.479 e. The van der Waals surface area contributed by atoms with Crippen molar-refractivity contribution >= 4 is 27.6 Å². The van der Waals surface area contributed by atoms with Gasteiger partial charge in [-0.05, 0) is 54.4 Å². The first kappa shape index (κ1) is 27.9. The van der Waals surface area contributed by atoms with Gasteiger partial charge in [-0.3, -0.25) is 9.36 Å². The van der Waals surface area contributed by atoms with Gasteiger partial charge >= 0.3 is 24.0 Å². The van der Waals surface area contributed by atoms with Gasteiger partial charge in [0.15, 0.2) is 0 Å². The maximum absolute atomic E-state index is 13.2. The van der Waals surface area contributed by atoms with Crippen molar-refractivity contribution in [3.05, 3.63) is 74.6 Å². The number of benzene rings is 2. The van der Waals surface area contributed by atoms with Crippen molar-refractivity contribution in [2.75, 3.05) is 0 Å². The molecule has 2 heterocycles. The number of fused-ring (bicyclic) bond motifs is 1. The van der Waals surface area contributed by atoms with Gasteiger partial charge in [0.1, 0.15) is 11.4 Å². The molecule has 1 N–H and O–H groups in total. The van der Waals surface area contributed by atoms with Gasteiger partial charge in [0.05, 0.1) is 22.5 Å². The highest BCUT2D eigenvalue weighted by molar-refractivity contribution is 7.13. The molecule has 4 rings (SSSR count). The molecular formula is C24H17F6N3O5S. The van der Waals surface area contributed by atoms with Gasteiger partial charge in [-0.1, -0.05) is 6.07 Å². The zero-order chi connectivity index (χ0) is 28.9. The predicted octanol–water partition coefficient (Wildman–Crippen LogP) is 4.92. The van der Waals surface area contributed by atoms with Crippen LogP contribution in [-0.4, -0.2) is 36.9 Å². The molecule has 15 heteroatoms. The van der Waals surface area contributed by atoms with E-state index in [2.05, 4.69) is 4.37 Å². The minimum atomic E-state index is -4.93. The van der Waals surface area contributed by atoms with Crippen LogP contribution in [-0.2, 0) is 18.0 Å². The standard InChI is InChI=1S/C24H17F6N3O5S/c1-11-3-5-13(38-16(21(35)36)10-23(25,26)27)8-14(11)20-15-7-12(4-6-17(15)39-31-20)33-19(34)9-18(24(28,29)30)32(2)22(33)37/h3-9,16H,10H2,1-2H3,(H,35,36). The van der Waals surface area contributed by atoms with Crippen molar-refractivity contribution < 1.29 is 41.0 Å². The Labute approximate surface area is 218 Å². The van der Waals surface area contributed by atoms with Crippen molar-refractivity contribution in [1.29, 1.82) is 0 Å². The lowest BCUT2D eigenvalue weighted by Crippen LogP contribution is -2.40. The van der Waals surface area contributed by atoms with Crippen LogP contribution in [0.15, 0.2) is 52.1 Å². The third-order valence-electron chi connectivity index (χ3n) is 5.76. The highest BCUT2D eigenvalue weighted by Crippen LogP contribution is 2.36. The van der Waals surface area contributed by atoms with E-state index in [1.54, 1.807) is 6.92 Å². The van der Waals surface area contributed by atoms with Crippen LogP contribution in [0.3, 0.4) is 0 Å². The second-order valence-corrected chi connectivity index (χ2v) is 9.30. The van der Waals surface area contributed by atoms with E-state index in [4.69, 9.17) is 9.84 Å². The molecule has 0 aliphatic carbocycles. The summed E-state index contributed by atoms with van der Waals surface area (Å²) in [4.78, 5) is 36.6. The van der Waals surface area contributed by atoms with Crippen molar-refractivity contribution in [1.82, 2.24) is 13.5 Å². The minimum absolute atomic E-state index is 0.0375. The first-order valence-corrected chi connectivity index (χ1v) is 11.7. The van der Waals surface area contributed by atoms with Crippen molar-refractivity contribution in [2.45, 2.75) is 31.8 Å². The van der Waals surface area contributed by atoms with Crippen LogP contribution < -0.4 is 16.0 Å². The molecule has 4 aromatic rings. The summed E-state index contributed by atoms with van der Waals surface area (Å²) in [5.41, 5.74) is -2.65. The van der Waals surface area contributed by atoms with Crippen molar-refractivity contribution in [3.8, 4) is 22.7 Å². The molecule has 8 nitrogen and oxygen atoms in total. The molecule has 0 saturated heterocycles. The average Bonchev–Trinajstić information content (AvgIpc) is 3.24. The van der Waals surface area contributed by atoms with E-state index in [9.17, 15) is 40.7 Å². The summed E-state index contributed by atoms with van der Waals surface area (Å²) in [6, 6.07) is 8.66. The molecule has 0 spiro atoms. The van der Waals surface area contributed by atoms with Gasteiger partial charge in [0.2, 0.25) is 6.10 Å². The fourth-order valence-corrected chi connectivity index (χ4v) is 4.65. The van der Waals surface area contributed by atoms with Gasteiger partial charge in [-0.15, -0.1) is 0 Å². The molecule has 2 aromatic heterocycles. The molecule has 206 valence electrons. The van der Waals surface area contributed by atoms with Crippen LogP contribution in [0.1, 0.15) is 17.7 Å². The number of aromatic nitrogens is 3. The molecule has 0 saturated carbocycles. The second kappa shape index (κ2) is 9.87. The molecule has 0 fully saturated rings. The highest BCUT2D eigenvalue weighted by Gasteiger charge is 2.37. The zero-order valence-corrected chi connectivity index (χ0v) is 20.7. The maximum atomic E-state index is 13.2. The number of aliphatic carboxylic acids is 1. The van der Waals surface area contributed by atoms with E-state index in [-0.39, 0.29) is 17.1 Å². The molecule has 0 bridgehead atoms. The Kier molecular flexibility index (Phi) is 7.06. The normalized spacial score (nSPS) is 13.0. The first-order valence-electron chi connectivity index (χ1n) is 10.9. The molecule has 1 atom stereocenters. The van der Waals surface area contributed by atoms with Gasteiger partial charge in [-0.25, -0.2) is 14.2 Å². The summed E-state index contributed by atoms with van der Waals surface area (Å²) in [6.45, 7) is 1.66. The van der Waals surface area contributed by atoms with Gasteiger partial charge in [0.25, 0.3) is 5.56 Å². The smallest absolute Gasteiger partial charge is 0.431 e. The van der Waals surface area contributed by atoms with Crippen LogP contribution in [0, 0.1) is 6.92 Å². The predicted molar refractivity (Wildman–Crippen MR) is 128 cm³/mol. The van der Waals surface area contributed by atoms with Gasteiger partial charge in [-0.2, -0.15) is 30.7 Å². The number of hydrogen-bond acceptors (Lipinski definition) is 6. The van der Waals surface area contributed by atoms with E-state index in [1.807, 2.05) is 0 Å². The molecular weight excluding hydrogens is 556 g/mol. The number of alkyl halides is 6. The lowest BCUT2D eigenvalue weighted by Gasteiger charge is -2.17. The molecule has 39 heavy (non-hydrogen) atoms. The number of carboxylic acids is 1. The Morgan fingerprint density at radius 1 is 1.08 bits per heavy atom. The zero-order valence-electron chi connectivity index (χ0n) is 19.9. The molecule has 2 aromatic carbocycles. The van der Waals surface area contributed by atoms with Crippen LogP contribution in [0.25, 0.3) is 27.0 Å². The Hall–Kier alpha value is -4.14. The van der Waals surface area contributed by atoms with E-state index >= 15 is 0 Å². The van der Waals surface area contributed by atoms with E-state index in [1.165, 1.54) is 36.4 Å². The fourth-order valence-electron chi connectivity index (χ4n) is 3.88. The molecule has 1 unspecified atom stereocenters. The van der Waals surface area contributed by atoms with Crippen LogP contribution >= 0.6 is 11.5 Å². The Balaban J connectivity index is 1.81. The first-order chi connectivity index (χ1) is 18.1. The molecule has 0 radical (unpaired) electrons. The second-order valence-electron chi connectivity index (χ2n) is 8.49. The number of aryl methyl sites for hydroxylation is 1. The number of nitrogens with zero attached hydrogens (tertiary/aromatic N) is 3. The fraction of sp³-hybridized carbons (Fsp3) is 0.250. The van der Waals surface area contributed by atoms with Crippen LogP contribution in [0.4, 0.5) is 26.3 Å².